The van der Waals surface area contributed by atoms with E-state index < -0.39 is 0 Å². The Bertz CT molecular complexity index is 870. The molecule has 0 fully saturated rings. The van der Waals surface area contributed by atoms with Gasteiger partial charge in [-0.2, -0.15) is 5.10 Å². The molecule has 23 heavy (non-hydrogen) atoms. The van der Waals surface area contributed by atoms with E-state index in [2.05, 4.69) is 15.4 Å². The lowest BCUT2D eigenvalue weighted by Gasteiger charge is -2.08. The van der Waals surface area contributed by atoms with Gasteiger partial charge in [0.2, 0.25) is 0 Å². The molecule has 6 heteroatoms. The first-order valence-electron chi connectivity index (χ1n) is 7.40. The topological polar surface area (TPSA) is 69.0 Å². The highest BCUT2D eigenvalue weighted by molar-refractivity contribution is 6.03. The second kappa shape index (κ2) is 6.08. The van der Waals surface area contributed by atoms with Gasteiger partial charge in [-0.15, -0.1) is 0 Å². The fraction of sp³-hybridized carbons (Fsp3) is 0.235. The van der Waals surface area contributed by atoms with Crippen LogP contribution in [0.2, 0.25) is 0 Å². The van der Waals surface area contributed by atoms with Gasteiger partial charge in [0.1, 0.15) is 11.4 Å². The van der Waals surface area contributed by atoms with Gasteiger partial charge < -0.3 is 10.1 Å². The number of aryl methyl sites for hydroxylation is 2. The number of fused-ring (bicyclic) bond motifs is 1. The molecule has 2 heterocycles. The minimum absolute atomic E-state index is 0.192. The van der Waals surface area contributed by atoms with Gasteiger partial charge in [-0.3, -0.25) is 14.5 Å². The first-order chi connectivity index (χ1) is 11.1. The predicted octanol–water partition coefficient (Wildman–Crippen LogP) is 3.02. The number of rotatable bonds is 4. The largest absolute Gasteiger partial charge is 0.497 e. The second-order valence-electron chi connectivity index (χ2n) is 5.22. The Hall–Kier alpha value is -2.89. The summed E-state index contributed by atoms with van der Waals surface area (Å²) >= 11 is 0. The molecule has 0 aliphatic carbocycles. The Morgan fingerprint density at radius 2 is 2.13 bits per heavy atom. The van der Waals surface area contributed by atoms with Gasteiger partial charge in [-0.1, -0.05) is 0 Å². The molecule has 6 nitrogen and oxygen atoms in total. The molecule has 1 aromatic carbocycles. The van der Waals surface area contributed by atoms with Crippen molar-refractivity contribution in [3.05, 3.63) is 47.9 Å². The molecular formula is C17H18N4O2. The smallest absolute Gasteiger partial charge is 0.273 e. The van der Waals surface area contributed by atoms with E-state index in [-0.39, 0.29) is 5.91 Å². The maximum Gasteiger partial charge on any atom is 0.273 e. The van der Waals surface area contributed by atoms with Crippen molar-refractivity contribution < 1.29 is 9.53 Å². The third-order valence-corrected chi connectivity index (χ3v) is 3.58. The fourth-order valence-corrected chi connectivity index (χ4v) is 2.46. The first-order valence-corrected chi connectivity index (χ1v) is 7.40. The molecule has 1 amide bonds. The van der Waals surface area contributed by atoms with Crippen molar-refractivity contribution in [2.75, 3.05) is 12.4 Å². The summed E-state index contributed by atoms with van der Waals surface area (Å²) in [6, 6.07) is 9.30. The molecule has 1 N–H and O–H groups in total. The van der Waals surface area contributed by atoms with Crippen LogP contribution in [-0.2, 0) is 6.54 Å². The van der Waals surface area contributed by atoms with E-state index in [9.17, 15) is 4.79 Å². The van der Waals surface area contributed by atoms with Crippen LogP contribution >= 0.6 is 0 Å². The SMILES string of the molecule is CCn1nc(C)cc1C(=O)Nc1cnc2cc(OC)ccc2c1. The zero-order valence-corrected chi connectivity index (χ0v) is 13.3. The number of carbonyl (C=O) groups is 1. The van der Waals surface area contributed by atoms with E-state index in [1.165, 1.54) is 0 Å². The molecule has 3 aromatic rings. The number of methoxy groups -OCH3 is 1. The number of aromatic nitrogens is 3. The highest BCUT2D eigenvalue weighted by Gasteiger charge is 2.13. The van der Waals surface area contributed by atoms with E-state index >= 15 is 0 Å². The monoisotopic (exact) mass is 310 g/mol. The van der Waals surface area contributed by atoms with Gasteiger partial charge in [-0.05, 0) is 38.1 Å². The number of amides is 1. The minimum Gasteiger partial charge on any atom is -0.497 e. The number of anilines is 1. The third-order valence-electron chi connectivity index (χ3n) is 3.58. The summed E-state index contributed by atoms with van der Waals surface area (Å²) in [5.74, 6) is 0.561. The molecule has 0 atom stereocenters. The molecule has 0 bridgehead atoms. The molecule has 0 saturated heterocycles. The van der Waals surface area contributed by atoms with Crippen molar-refractivity contribution in [2.24, 2.45) is 0 Å². The summed E-state index contributed by atoms with van der Waals surface area (Å²) < 4.78 is 6.87. The maximum absolute atomic E-state index is 12.4. The lowest BCUT2D eigenvalue weighted by atomic mass is 10.2. The predicted molar refractivity (Wildman–Crippen MR) is 88.9 cm³/mol. The number of pyridine rings is 1. The quantitative estimate of drug-likeness (QED) is 0.804. The molecule has 0 saturated carbocycles. The van der Waals surface area contributed by atoms with Crippen LogP contribution in [0.25, 0.3) is 10.9 Å². The highest BCUT2D eigenvalue weighted by Crippen LogP contribution is 2.22. The van der Waals surface area contributed by atoms with Gasteiger partial charge in [0.05, 0.1) is 30.2 Å². The van der Waals surface area contributed by atoms with Gasteiger partial charge >= 0.3 is 0 Å². The van der Waals surface area contributed by atoms with Crippen LogP contribution in [0.1, 0.15) is 23.1 Å². The van der Waals surface area contributed by atoms with Crippen molar-refractivity contribution >= 4 is 22.5 Å². The van der Waals surface area contributed by atoms with Crippen molar-refractivity contribution in [2.45, 2.75) is 20.4 Å². The third kappa shape index (κ3) is 3.01. The van der Waals surface area contributed by atoms with Crippen LogP contribution in [-0.4, -0.2) is 27.8 Å². The van der Waals surface area contributed by atoms with E-state index in [1.807, 2.05) is 38.1 Å². The van der Waals surface area contributed by atoms with Crippen molar-refractivity contribution in [3.63, 3.8) is 0 Å². The normalized spacial score (nSPS) is 10.7. The van der Waals surface area contributed by atoms with Crippen LogP contribution in [0.15, 0.2) is 36.5 Å². The summed E-state index contributed by atoms with van der Waals surface area (Å²) in [6.45, 7) is 4.47. The van der Waals surface area contributed by atoms with Gasteiger partial charge in [0, 0.05) is 18.0 Å². The molecule has 3 rings (SSSR count). The molecule has 0 aliphatic heterocycles. The van der Waals surface area contributed by atoms with Crippen molar-refractivity contribution in [1.82, 2.24) is 14.8 Å². The average molecular weight is 310 g/mol. The van der Waals surface area contributed by atoms with Gasteiger partial charge in [0.15, 0.2) is 0 Å². The number of ether oxygens (including phenoxy) is 1. The minimum atomic E-state index is -0.192. The number of nitrogens with zero attached hydrogens (tertiary/aromatic N) is 3. The Morgan fingerprint density at radius 3 is 2.87 bits per heavy atom. The molecule has 0 unspecified atom stereocenters. The summed E-state index contributed by atoms with van der Waals surface area (Å²) in [6.07, 6.45) is 1.64. The number of hydrogen-bond donors (Lipinski definition) is 1. The molecule has 118 valence electrons. The van der Waals surface area contributed by atoms with Crippen LogP contribution in [0.4, 0.5) is 5.69 Å². The zero-order valence-electron chi connectivity index (χ0n) is 13.3. The number of carbonyl (C=O) groups excluding carboxylic acids is 1. The van der Waals surface area contributed by atoms with E-state index in [1.54, 1.807) is 24.1 Å². The number of nitrogens with one attached hydrogen (secondary N) is 1. The van der Waals surface area contributed by atoms with Gasteiger partial charge in [0.25, 0.3) is 5.91 Å². The summed E-state index contributed by atoms with van der Waals surface area (Å²) in [5.41, 5.74) is 2.83. The summed E-state index contributed by atoms with van der Waals surface area (Å²) in [7, 11) is 1.62. The van der Waals surface area contributed by atoms with Crippen LogP contribution in [0.5, 0.6) is 5.75 Å². The summed E-state index contributed by atoms with van der Waals surface area (Å²) in [4.78, 5) is 16.8. The average Bonchev–Trinajstić information content (AvgIpc) is 2.95. The molecule has 0 aliphatic rings. The number of hydrogen-bond acceptors (Lipinski definition) is 4. The van der Waals surface area contributed by atoms with Gasteiger partial charge in [-0.25, -0.2) is 0 Å². The maximum atomic E-state index is 12.4. The second-order valence-corrected chi connectivity index (χ2v) is 5.22. The Labute approximate surface area is 134 Å². The van der Waals surface area contributed by atoms with Crippen molar-refractivity contribution in [3.8, 4) is 5.75 Å². The molecule has 0 radical (unpaired) electrons. The standard InChI is InChI=1S/C17H18N4O2/c1-4-21-16(7-11(2)20-21)17(22)19-13-8-12-5-6-14(23-3)9-15(12)18-10-13/h5-10H,4H2,1-3H3,(H,19,22). The van der Waals surface area contributed by atoms with E-state index in [0.29, 0.717) is 17.9 Å². The zero-order chi connectivity index (χ0) is 16.4. The van der Waals surface area contributed by atoms with E-state index in [0.717, 1.165) is 22.3 Å². The Kier molecular flexibility index (Phi) is 3.97. The molecule has 0 spiro atoms. The lowest BCUT2D eigenvalue weighted by molar-refractivity contribution is 0.101. The van der Waals surface area contributed by atoms with Crippen molar-refractivity contribution in [1.29, 1.82) is 0 Å². The lowest BCUT2D eigenvalue weighted by Crippen LogP contribution is -2.17. The van der Waals surface area contributed by atoms with Crippen LogP contribution in [0, 0.1) is 6.92 Å². The fourth-order valence-electron chi connectivity index (χ4n) is 2.46. The molecule has 2 aromatic heterocycles. The van der Waals surface area contributed by atoms with Crippen LogP contribution in [0.3, 0.4) is 0 Å². The number of benzene rings is 1. The molecular weight excluding hydrogens is 292 g/mol. The Morgan fingerprint density at radius 1 is 1.30 bits per heavy atom. The Balaban J connectivity index is 1.87. The first kappa shape index (κ1) is 15.0. The van der Waals surface area contributed by atoms with E-state index in [4.69, 9.17) is 4.74 Å². The van der Waals surface area contributed by atoms with Crippen LogP contribution < -0.4 is 10.1 Å². The summed E-state index contributed by atoms with van der Waals surface area (Å²) in [5, 5.41) is 8.09. The highest BCUT2D eigenvalue weighted by atomic mass is 16.5.